The highest BCUT2D eigenvalue weighted by Gasteiger charge is 2.26. The molecule has 9 nitrogen and oxygen atoms in total. The van der Waals surface area contributed by atoms with Gasteiger partial charge >= 0.3 is 19.8 Å². The summed E-state index contributed by atoms with van der Waals surface area (Å²) < 4.78 is 33.3. The van der Waals surface area contributed by atoms with Crippen molar-refractivity contribution in [1.82, 2.24) is 0 Å². The zero-order valence-corrected chi connectivity index (χ0v) is 64.2. The molecule has 0 amide bonds. The fourth-order valence-electron chi connectivity index (χ4n) is 11.8. The molecule has 0 radical (unpaired) electrons. The van der Waals surface area contributed by atoms with Gasteiger partial charge in [0.05, 0.1) is 13.2 Å². The van der Waals surface area contributed by atoms with E-state index in [2.05, 4.69) is 135 Å². The van der Waals surface area contributed by atoms with Crippen LogP contribution >= 0.6 is 7.82 Å². The van der Waals surface area contributed by atoms with Gasteiger partial charge in [-0.15, -0.1) is 0 Å². The molecule has 2 unspecified atom stereocenters. The van der Waals surface area contributed by atoms with E-state index in [1.54, 1.807) is 0 Å². The molecule has 0 aromatic carbocycles. The number of esters is 2. The molecule has 0 rings (SSSR count). The van der Waals surface area contributed by atoms with E-state index in [0.717, 1.165) is 96.3 Å². The van der Waals surface area contributed by atoms with E-state index in [4.69, 9.17) is 24.3 Å². The fraction of sp³-hybridized carbons (Fsp3) is 0.747. The van der Waals surface area contributed by atoms with Crippen LogP contribution in [-0.2, 0) is 32.7 Å². The average molecular weight is 1370 g/mol. The van der Waals surface area contributed by atoms with Gasteiger partial charge in [0.25, 0.3) is 0 Å². The molecule has 97 heavy (non-hydrogen) atoms. The molecule has 0 spiro atoms. The molecule has 0 aliphatic carbocycles. The zero-order valence-electron chi connectivity index (χ0n) is 63.3. The number of hydrogen-bond acceptors (Lipinski definition) is 8. The van der Waals surface area contributed by atoms with Crippen LogP contribution in [0.3, 0.4) is 0 Å². The molecule has 2 atom stereocenters. The summed E-state index contributed by atoms with van der Waals surface area (Å²) in [5.41, 5.74) is 5.42. The largest absolute Gasteiger partial charge is 0.472 e. The van der Waals surface area contributed by atoms with E-state index in [9.17, 15) is 19.0 Å². The van der Waals surface area contributed by atoms with Crippen molar-refractivity contribution in [1.29, 1.82) is 0 Å². The molecule has 0 saturated carbocycles. The molecule has 0 aliphatic rings. The van der Waals surface area contributed by atoms with Crippen LogP contribution in [0, 0.1) is 0 Å². The lowest BCUT2D eigenvalue weighted by molar-refractivity contribution is -0.161. The van der Waals surface area contributed by atoms with E-state index in [1.807, 2.05) is 0 Å². The van der Waals surface area contributed by atoms with Gasteiger partial charge in [0.1, 0.15) is 6.61 Å². The number of phosphoric ester groups is 1. The van der Waals surface area contributed by atoms with Crippen molar-refractivity contribution >= 4 is 19.8 Å². The summed E-state index contributed by atoms with van der Waals surface area (Å²) in [6, 6.07) is 0. The lowest BCUT2D eigenvalue weighted by Gasteiger charge is -2.19. The van der Waals surface area contributed by atoms with Crippen molar-refractivity contribution in [2.45, 2.75) is 392 Å². The first-order valence-electron chi connectivity index (χ1n) is 41.0. The van der Waals surface area contributed by atoms with E-state index in [0.29, 0.717) is 6.42 Å². The molecule has 0 aliphatic heterocycles. The molecule has 0 aromatic rings. The predicted octanol–water partition coefficient (Wildman–Crippen LogP) is 27.8. The van der Waals surface area contributed by atoms with E-state index >= 15 is 0 Å². The van der Waals surface area contributed by atoms with Crippen LogP contribution in [0.5, 0.6) is 0 Å². The number of allylic oxidation sites excluding steroid dienone is 20. The summed E-state index contributed by atoms with van der Waals surface area (Å²) in [4.78, 5) is 35.5. The number of unbranched alkanes of at least 4 members (excludes halogenated alkanes) is 44. The van der Waals surface area contributed by atoms with Crippen molar-refractivity contribution < 1.29 is 37.6 Å². The third-order valence-electron chi connectivity index (χ3n) is 17.8. The molecular formula is C87H154NO8P. The number of phosphoric acid groups is 1. The first-order valence-corrected chi connectivity index (χ1v) is 42.5. The Morgan fingerprint density at radius 2 is 0.567 bits per heavy atom. The number of carbonyl (C=O) groups is 2. The Bertz CT molecular complexity index is 2020. The molecule has 0 aromatic heterocycles. The highest BCUT2D eigenvalue weighted by molar-refractivity contribution is 7.47. The van der Waals surface area contributed by atoms with Gasteiger partial charge in [0.2, 0.25) is 0 Å². The zero-order chi connectivity index (χ0) is 70.0. The van der Waals surface area contributed by atoms with Gasteiger partial charge in [-0.2, -0.15) is 0 Å². The Hall–Kier alpha value is -3.59. The van der Waals surface area contributed by atoms with Gasteiger partial charge in [-0.05, 0) is 109 Å². The Kier molecular flexibility index (Phi) is 78.4. The monoisotopic (exact) mass is 1370 g/mol. The second-order valence-corrected chi connectivity index (χ2v) is 28.7. The van der Waals surface area contributed by atoms with Crippen molar-refractivity contribution in [3.05, 3.63) is 122 Å². The van der Waals surface area contributed by atoms with Crippen LogP contribution in [-0.4, -0.2) is 49.3 Å². The Labute approximate surface area is 600 Å². The normalized spacial score (nSPS) is 13.5. The third-order valence-corrected chi connectivity index (χ3v) is 18.8. The van der Waals surface area contributed by atoms with Crippen molar-refractivity contribution in [2.24, 2.45) is 5.73 Å². The Morgan fingerprint density at radius 3 is 0.845 bits per heavy atom. The van der Waals surface area contributed by atoms with Crippen LogP contribution in [0.15, 0.2) is 122 Å². The summed E-state index contributed by atoms with van der Waals surface area (Å²) >= 11 is 0. The molecule has 0 fully saturated rings. The smallest absolute Gasteiger partial charge is 0.462 e. The lowest BCUT2D eigenvalue weighted by Crippen LogP contribution is -2.29. The topological polar surface area (TPSA) is 134 Å². The third kappa shape index (κ3) is 81.3. The highest BCUT2D eigenvalue weighted by atomic mass is 31.2. The summed E-state index contributed by atoms with van der Waals surface area (Å²) in [6.45, 7) is 3.67. The van der Waals surface area contributed by atoms with Gasteiger partial charge in [0.15, 0.2) is 6.10 Å². The van der Waals surface area contributed by atoms with Gasteiger partial charge in [-0.25, -0.2) is 4.57 Å². The summed E-state index contributed by atoms with van der Waals surface area (Å²) in [6.07, 6.45) is 115. The summed E-state index contributed by atoms with van der Waals surface area (Å²) in [5, 5.41) is 0. The SMILES string of the molecule is CC/C=C\C/C=C\C/C=C\C/C=C\C/C=C\C/C=C\C/C=C\CCCCCCCCCCCCCCCCCCCC(=O)OC(COC(=O)CCCCCCCCCCCCCCCCCCCCCCCC/C=C\C/C=C\C/C=C\CCCCCCC)COP(=O)(O)OCCN. The molecule has 0 bridgehead atoms. The van der Waals surface area contributed by atoms with Crippen molar-refractivity contribution in [3.8, 4) is 0 Å². The summed E-state index contributed by atoms with van der Waals surface area (Å²) in [7, 11) is -4.40. The quantitative estimate of drug-likeness (QED) is 0.0264. The van der Waals surface area contributed by atoms with Crippen molar-refractivity contribution in [2.75, 3.05) is 26.4 Å². The molecule has 0 saturated heterocycles. The van der Waals surface area contributed by atoms with Crippen LogP contribution in [0.1, 0.15) is 386 Å². The molecule has 0 heterocycles. The number of nitrogens with two attached hydrogens (primary N) is 1. The molecular weight excluding hydrogens is 1220 g/mol. The van der Waals surface area contributed by atoms with Crippen molar-refractivity contribution in [3.63, 3.8) is 0 Å². The van der Waals surface area contributed by atoms with Gasteiger partial charge in [-0.3, -0.25) is 18.6 Å². The van der Waals surface area contributed by atoms with Crippen LogP contribution in [0.4, 0.5) is 0 Å². The minimum absolute atomic E-state index is 0.0519. The lowest BCUT2D eigenvalue weighted by atomic mass is 10.0. The van der Waals surface area contributed by atoms with Crippen LogP contribution in [0.2, 0.25) is 0 Å². The fourth-order valence-corrected chi connectivity index (χ4v) is 12.6. The maximum Gasteiger partial charge on any atom is 0.472 e. The first-order chi connectivity index (χ1) is 47.8. The maximum absolute atomic E-state index is 12.8. The van der Waals surface area contributed by atoms with Gasteiger partial charge in [0, 0.05) is 19.4 Å². The molecule has 560 valence electrons. The summed E-state index contributed by atoms with van der Waals surface area (Å²) in [5.74, 6) is -0.813. The predicted molar refractivity (Wildman–Crippen MR) is 422 cm³/mol. The minimum Gasteiger partial charge on any atom is -0.462 e. The van der Waals surface area contributed by atoms with E-state index < -0.39 is 26.5 Å². The second-order valence-electron chi connectivity index (χ2n) is 27.3. The highest BCUT2D eigenvalue weighted by Crippen LogP contribution is 2.43. The number of hydrogen-bond donors (Lipinski definition) is 2. The average Bonchev–Trinajstić information content (AvgIpc) is 2.88. The van der Waals surface area contributed by atoms with Crippen LogP contribution < -0.4 is 5.73 Å². The minimum atomic E-state index is -4.40. The first kappa shape index (κ1) is 93.4. The standard InChI is InChI=1S/C87H154NO8P/c1-3-5-7-9-11-13-15-17-19-21-23-25-27-29-31-33-35-37-39-41-42-44-46-48-50-52-54-56-58-60-62-64-66-68-70-72-74-76-78-80-87(90)96-85(84-95-97(91,92)94-82-81-88)83-93-86(89)79-77-75-73-71-69-67-65-63-61-59-57-55-53-51-49-47-45-43-40-38-36-34-32-30-28-26-24-22-20-18-16-14-12-10-8-6-4-2/h5,7,11,13,16-19,22-25,28-31,35,37,41-42,85H,3-4,6,8-10,12,14-15,20-21,26-27,32-34,36,38-40,43-84,88H2,1-2H3,(H,91,92)/b7-5-,13-11-,18-16-,19-17-,24-22-,25-23-,30-28-,31-29-,37-35-,42-41-. The van der Waals surface area contributed by atoms with E-state index in [1.165, 1.54) is 257 Å². The number of carbonyl (C=O) groups excluding carboxylic acids is 2. The Balaban J connectivity index is 3.80. The van der Waals surface area contributed by atoms with Crippen LogP contribution in [0.25, 0.3) is 0 Å². The van der Waals surface area contributed by atoms with Gasteiger partial charge in [-0.1, -0.05) is 386 Å². The van der Waals surface area contributed by atoms with E-state index in [-0.39, 0.29) is 38.6 Å². The second kappa shape index (κ2) is 81.4. The molecule has 3 N–H and O–H groups in total. The number of rotatable bonds is 77. The molecule has 10 heteroatoms. The number of ether oxygens (including phenoxy) is 2. The maximum atomic E-state index is 12.8. The Morgan fingerprint density at radius 1 is 0.320 bits per heavy atom. The van der Waals surface area contributed by atoms with Gasteiger partial charge < -0.3 is 20.1 Å².